The van der Waals surface area contributed by atoms with Crippen LogP contribution in [0.3, 0.4) is 0 Å². The Kier molecular flexibility index (Phi) is 18.1. The third kappa shape index (κ3) is 14.9. The molecule has 0 heterocycles. The molecule has 0 aromatic heterocycles. The standard InChI is InChI=1S/C33H46Br2N6O6/c1-21(2)29(41-28(43)8-4-3-5-13-37-30(44)25-16-23(18-34)15-24(17-25)19-35)32(46)40-27(7-6-14-38-33(36)47)31(45)39-26-11-9-22(20-42)10-12-26/h9-12,15-17,21,27,29,42H,3-8,13-14,18-20H2,1-2H3,(H,37,44)(H,39,45)(H,40,46)(H,41,43)(H3,36,38,47)/t27-,29?/m0/s1. The minimum Gasteiger partial charge on any atom is -0.392 e. The summed E-state index contributed by atoms with van der Waals surface area (Å²) < 4.78 is 0. The van der Waals surface area contributed by atoms with Crippen LogP contribution in [0.2, 0.25) is 0 Å². The second kappa shape index (κ2) is 21.4. The smallest absolute Gasteiger partial charge is 0.312 e. The highest BCUT2D eigenvalue weighted by molar-refractivity contribution is 9.08. The summed E-state index contributed by atoms with van der Waals surface area (Å²) in [6, 6.07) is 9.87. The molecule has 0 spiro atoms. The topological polar surface area (TPSA) is 192 Å². The van der Waals surface area contributed by atoms with Crippen LogP contribution < -0.4 is 32.3 Å². The number of hydrogen-bond acceptors (Lipinski definition) is 6. The highest BCUT2D eigenvalue weighted by Gasteiger charge is 2.28. The monoisotopic (exact) mass is 780 g/mol. The first-order valence-electron chi connectivity index (χ1n) is 15.6. The maximum absolute atomic E-state index is 13.3. The summed E-state index contributed by atoms with van der Waals surface area (Å²) in [5, 5.41) is 24.3. The number of carbonyl (C=O) groups is 5. The lowest BCUT2D eigenvalue weighted by Crippen LogP contribution is -2.54. The molecule has 0 radical (unpaired) electrons. The summed E-state index contributed by atoms with van der Waals surface area (Å²) >= 11 is 6.87. The Morgan fingerprint density at radius 3 is 2.00 bits per heavy atom. The molecule has 14 heteroatoms. The predicted octanol–water partition coefficient (Wildman–Crippen LogP) is 3.97. The van der Waals surface area contributed by atoms with Crippen LogP contribution in [0.25, 0.3) is 0 Å². The zero-order valence-corrected chi connectivity index (χ0v) is 30.0. The second-order valence-electron chi connectivity index (χ2n) is 11.5. The van der Waals surface area contributed by atoms with E-state index in [-0.39, 0.29) is 43.7 Å². The van der Waals surface area contributed by atoms with Gasteiger partial charge >= 0.3 is 6.03 Å². The number of urea groups is 1. The van der Waals surface area contributed by atoms with E-state index in [4.69, 9.17) is 5.73 Å². The molecule has 0 aliphatic carbocycles. The van der Waals surface area contributed by atoms with Crippen LogP contribution >= 0.6 is 31.9 Å². The molecule has 2 rings (SSSR count). The number of aliphatic hydroxyl groups is 1. The van der Waals surface area contributed by atoms with Gasteiger partial charge in [0.25, 0.3) is 5.91 Å². The van der Waals surface area contributed by atoms with E-state index in [1.165, 1.54) is 0 Å². The molecule has 8 N–H and O–H groups in total. The number of nitrogens with one attached hydrogen (secondary N) is 5. The molecule has 2 atom stereocenters. The van der Waals surface area contributed by atoms with Crippen molar-refractivity contribution in [3.05, 3.63) is 64.7 Å². The molecular formula is C33H46Br2N6O6. The van der Waals surface area contributed by atoms with Gasteiger partial charge in [-0.05, 0) is 72.6 Å². The lowest BCUT2D eigenvalue weighted by Gasteiger charge is -2.25. The first-order valence-corrected chi connectivity index (χ1v) is 17.9. The van der Waals surface area contributed by atoms with E-state index in [1.807, 2.05) is 18.2 Å². The fraction of sp³-hybridized carbons (Fsp3) is 0.485. The van der Waals surface area contributed by atoms with E-state index in [2.05, 4.69) is 58.4 Å². The molecule has 47 heavy (non-hydrogen) atoms. The molecule has 258 valence electrons. The fourth-order valence-electron chi connectivity index (χ4n) is 4.69. The molecule has 0 aliphatic heterocycles. The second-order valence-corrected chi connectivity index (χ2v) is 12.6. The number of rotatable bonds is 20. The summed E-state index contributed by atoms with van der Waals surface area (Å²) in [6.45, 7) is 4.17. The number of amides is 6. The van der Waals surface area contributed by atoms with Gasteiger partial charge in [-0.25, -0.2) is 4.79 Å². The third-order valence-electron chi connectivity index (χ3n) is 7.26. The van der Waals surface area contributed by atoms with Crippen molar-refractivity contribution in [1.82, 2.24) is 21.3 Å². The van der Waals surface area contributed by atoms with Gasteiger partial charge in [-0.15, -0.1) is 0 Å². The Morgan fingerprint density at radius 1 is 0.787 bits per heavy atom. The lowest BCUT2D eigenvalue weighted by atomic mass is 10.0. The molecule has 0 bridgehead atoms. The van der Waals surface area contributed by atoms with Crippen LogP contribution in [0.1, 0.15) is 79.4 Å². The SMILES string of the molecule is CC(C)C(NC(=O)CCCCCNC(=O)c1cc(CBr)cc(CBr)c1)C(=O)N[C@@H](CCCNC(N)=O)C(=O)Nc1ccc(CO)cc1. The van der Waals surface area contributed by atoms with E-state index >= 15 is 0 Å². The maximum Gasteiger partial charge on any atom is 0.312 e. The first kappa shape index (κ1) is 39.7. The van der Waals surface area contributed by atoms with Gasteiger partial charge in [-0.2, -0.15) is 0 Å². The number of aliphatic hydroxyl groups excluding tert-OH is 1. The quantitative estimate of drug-likeness (QED) is 0.0786. The number of carbonyl (C=O) groups excluding carboxylic acids is 5. The van der Waals surface area contributed by atoms with Gasteiger partial charge in [0.2, 0.25) is 17.7 Å². The van der Waals surface area contributed by atoms with E-state index < -0.39 is 29.9 Å². The molecule has 0 aliphatic rings. The van der Waals surface area contributed by atoms with Gasteiger partial charge in [0.05, 0.1) is 6.61 Å². The van der Waals surface area contributed by atoms with E-state index in [0.717, 1.165) is 11.1 Å². The van der Waals surface area contributed by atoms with Crippen LogP contribution in [0.5, 0.6) is 0 Å². The van der Waals surface area contributed by atoms with Crippen LogP contribution in [0, 0.1) is 5.92 Å². The number of halogens is 2. The Morgan fingerprint density at radius 2 is 1.43 bits per heavy atom. The number of benzene rings is 2. The Hall–Kier alpha value is -3.49. The van der Waals surface area contributed by atoms with Gasteiger partial charge in [0.1, 0.15) is 12.1 Å². The predicted molar refractivity (Wildman–Crippen MR) is 189 cm³/mol. The number of hydrogen-bond donors (Lipinski definition) is 7. The average Bonchev–Trinajstić information content (AvgIpc) is 3.05. The van der Waals surface area contributed by atoms with Crippen molar-refractivity contribution in [1.29, 1.82) is 0 Å². The number of primary amides is 1. The minimum atomic E-state index is -0.948. The molecule has 6 amide bonds. The average molecular weight is 783 g/mol. The minimum absolute atomic E-state index is 0.133. The number of alkyl halides is 2. The summed E-state index contributed by atoms with van der Waals surface area (Å²) in [4.78, 5) is 62.9. The van der Waals surface area contributed by atoms with E-state index in [0.29, 0.717) is 59.7 Å². The van der Waals surface area contributed by atoms with Crippen LogP contribution in [-0.2, 0) is 31.7 Å². The molecule has 0 fully saturated rings. The van der Waals surface area contributed by atoms with Gasteiger partial charge < -0.3 is 37.4 Å². The van der Waals surface area contributed by atoms with Crippen LogP contribution in [-0.4, -0.2) is 59.9 Å². The van der Waals surface area contributed by atoms with Crippen molar-refractivity contribution in [2.45, 2.75) is 81.7 Å². The lowest BCUT2D eigenvalue weighted by molar-refractivity contribution is -0.132. The van der Waals surface area contributed by atoms with Gasteiger partial charge in [0, 0.05) is 41.4 Å². The molecule has 0 saturated carbocycles. The van der Waals surface area contributed by atoms with Crippen molar-refractivity contribution in [3.8, 4) is 0 Å². The largest absolute Gasteiger partial charge is 0.392 e. The van der Waals surface area contributed by atoms with Crippen molar-refractivity contribution in [2.24, 2.45) is 11.7 Å². The summed E-state index contributed by atoms with van der Waals surface area (Å²) in [7, 11) is 0. The number of nitrogens with two attached hydrogens (primary N) is 1. The molecule has 0 saturated heterocycles. The highest BCUT2D eigenvalue weighted by Crippen LogP contribution is 2.16. The number of unbranched alkanes of at least 4 members (excludes halogenated alkanes) is 2. The molecule has 2 aromatic carbocycles. The van der Waals surface area contributed by atoms with Crippen LogP contribution in [0.15, 0.2) is 42.5 Å². The van der Waals surface area contributed by atoms with Crippen molar-refractivity contribution >= 4 is 67.2 Å². The molecular weight excluding hydrogens is 736 g/mol. The summed E-state index contributed by atoms with van der Waals surface area (Å²) in [5.41, 5.74) is 8.95. The molecule has 2 aromatic rings. The highest BCUT2D eigenvalue weighted by atomic mass is 79.9. The molecule has 12 nitrogen and oxygen atoms in total. The zero-order valence-electron chi connectivity index (χ0n) is 26.9. The normalized spacial score (nSPS) is 12.1. The maximum atomic E-state index is 13.3. The van der Waals surface area contributed by atoms with E-state index in [9.17, 15) is 29.1 Å². The Balaban J connectivity index is 1.87. The fourth-order valence-corrected chi connectivity index (χ4v) is 5.34. The van der Waals surface area contributed by atoms with Gasteiger partial charge in [-0.1, -0.05) is 70.3 Å². The zero-order chi connectivity index (χ0) is 34.8. The summed E-state index contributed by atoms with van der Waals surface area (Å²) in [5.74, 6) is -1.65. The van der Waals surface area contributed by atoms with Crippen molar-refractivity contribution in [3.63, 3.8) is 0 Å². The van der Waals surface area contributed by atoms with Crippen molar-refractivity contribution in [2.75, 3.05) is 18.4 Å². The first-order chi connectivity index (χ1) is 22.5. The number of anilines is 1. The Bertz CT molecular complexity index is 1320. The van der Waals surface area contributed by atoms with Crippen LogP contribution in [0.4, 0.5) is 10.5 Å². The molecule has 1 unspecified atom stereocenters. The summed E-state index contributed by atoms with van der Waals surface area (Å²) in [6.07, 6.45) is 2.77. The van der Waals surface area contributed by atoms with Gasteiger partial charge in [0.15, 0.2) is 0 Å². The van der Waals surface area contributed by atoms with Gasteiger partial charge in [-0.3, -0.25) is 19.2 Å². The Labute approximate surface area is 293 Å². The van der Waals surface area contributed by atoms with Crippen molar-refractivity contribution < 1.29 is 29.1 Å². The third-order valence-corrected chi connectivity index (χ3v) is 8.56. The van der Waals surface area contributed by atoms with E-state index in [1.54, 1.807) is 38.1 Å².